The zero-order valence-corrected chi connectivity index (χ0v) is 17.1. The summed E-state index contributed by atoms with van der Waals surface area (Å²) in [5.41, 5.74) is 5.28. The van der Waals surface area contributed by atoms with Crippen LogP contribution in [0.15, 0.2) is 78.9 Å². The van der Waals surface area contributed by atoms with Crippen LogP contribution in [0.3, 0.4) is 0 Å². The van der Waals surface area contributed by atoms with E-state index in [-0.39, 0.29) is 5.41 Å². The van der Waals surface area contributed by atoms with Gasteiger partial charge in [-0.25, -0.2) is 4.79 Å². The van der Waals surface area contributed by atoms with Crippen molar-refractivity contribution in [1.29, 1.82) is 0 Å². The predicted molar refractivity (Wildman–Crippen MR) is 118 cm³/mol. The number of carboxylic acids is 1. The van der Waals surface area contributed by atoms with Crippen molar-refractivity contribution in [3.63, 3.8) is 0 Å². The Morgan fingerprint density at radius 1 is 0.931 bits per heavy atom. The number of benzene rings is 3. The van der Waals surface area contributed by atoms with Crippen LogP contribution < -0.4 is 4.74 Å². The van der Waals surface area contributed by atoms with E-state index >= 15 is 0 Å². The Balaban J connectivity index is 1.83. The number of carboxylic acid groups (broad SMARTS) is 1. The normalized spacial score (nSPS) is 11.6. The molecule has 0 aromatic heterocycles. The average molecular weight is 386 g/mol. The van der Waals surface area contributed by atoms with Crippen LogP contribution in [-0.4, -0.2) is 11.1 Å². The molecule has 0 saturated heterocycles. The number of ether oxygens (including phenoxy) is 1. The minimum absolute atomic E-state index is 0.113. The molecule has 0 amide bonds. The Kier molecular flexibility index (Phi) is 6.18. The van der Waals surface area contributed by atoms with Gasteiger partial charge in [0.2, 0.25) is 0 Å². The number of rotatable bonds is 6. The molecule has 0 saturated carbocycles. The van der Waals surface area contributed by atoms with E-state index in [1.54, 1.807) is 6.08 Å². The lowest BCUT2D eigenvalue weighted by atomic mass is 9.87. The SMILES string of the molecule is CC(C)(C)c1ccc(COc2ccc(-c3ccccc3)cc2/C=C/C(=O)O)cc1. The van der Waals surface area contributed by atoms with Crippen molar-refractivity contribution >= 4 is 12.0 Å². The van der Waals surface area contributed by atoms with Crippen molar-refractivity contribution in [2.45, 2.75) is 32.8 Å². The largest absolute Gasteiger partial charge is 0.488 e. The first-order valence-electron chi connectivity index (χ1n) is 9.65. The topological polar surface area (TPSA) is 46.5 Å². The Bertz CT molecular complexity index is 994. The highest BCUT2D eigenvalue weighted by Crippen LogP contribution is 2.29. The number of hydrogen-bond acceptors (Lipinski definition) is 2. The summed E-state index contributed by atoms with van der Waals surface area (Å²) in [7, 11) is 0. The van der Waals surface area contributed by atoms with Crippen LogP contribution in [-0.2, 0) is 16.8 Å². The Morgan fingerprint density at radius 3 is 2.24 bits per heavy atom. The highest BCUT2D eigenvalue weighted by molar-refractivity contribution is 5.86. The molecule has 148 valence electrons. The van der Waals surface area contributed by atoms with Crippen LogP contribution in [0.4, 0.5) is 0 Å². The molecule has 0 aliphatic carbocycles. The molecule has 29 heavy (non-hydrogen) atoms. The van der Waals surface area contributed by atoms with Gasteiger partial charge in [-0.15, -0.1) is 0 Å². The van der Waals surface area contributed by atoms with Crippen molar-refractivity contribution in [2.75, 3.05) is 0 Å². The van der Waals surface area contributed by atoms with E-state index in [0.717, 1.165) is 28.3 Å². The van der Waals surface area contributed by atoms with Crippen LogP contribution in [0.2, 0.25) is 0 Å². The Hall–Kier alpha value is -3.33. The lowest BCUT2D eigenvalue weighted by molar-refractivity contribution is -0.131. The molecule has 0 atom stereocenters. The van der Waals surface area contributed by atoms with Gasteiger partial charge in [-0.2, -0.15) is 0 Å². The molecule has 1 N–H and O–H groups in total. The lowest BCUT2D eigenvalue weighted by Crippen LogP contribution is -2.10. The molecule has 0 aliphatic heterocycles. The quantitative estimate of drug-likeness (QED) is 0.504. The fourth-order valence-electron chi connectivity index (χ4n) is 3.04. The third-order valence-electron chi connectivity index (χ3n) is 4.74. The summed E-state index contributed by atoms with van der Waals surface area (Å²) < 4.78 is 6.03. The molecule has 3 rings (SSSR count). The minimum Gasteiger partial charge on any atom is -0.488 e. The van der Waals surface area contributed by atoms with Gasteiger partial charge in [0.25, 0.3) is 0 Å². The Morgan fingerprint density at radius 2 is 1.62 bits per heavy atom. The van der Waals surface area contributed by atoms with Gasteiger partial charge in [0, 0.05) is 11.6 Å². The maximum Gasteiger partial charge on any atom is 0.328 e. The van der Waals surface area contributed by atoms with Crippen molar-refractivity contribution in [3.8, 4) is 16.9 Å². The molecule has 0 heterocycles. The summed E-state index contributed by atoms with van der Waals surface area (Å²) in [6.07, 6.45) is 2.71. The first-order valence-corrected chi connectivity index (χ1v) is 9.65. The van der Waals surface area contributed by atoms with Crippen molar-refractivity contribution in [3.05, 3.63) is 95.6 Å². The van der Waals surface area contributed by atoms with E-state index in [1.807, 2.05) is 48.5 Å². The number of carbonyl (C=O) groups is 1. The van der Waals surface area contributed by atoms with Gasteiger partial charge in [0.05, 0.1) is 0 Å². The van der Waals surface area contributed by atoms with Crippen LogP contribution in [0, 0.1) is 0 Å². The van der Waals surface area contributed by atoms with Crippen molar-refractivity contribution < 1.29 is 14.6 Å². The molecule has 0 radical (unpaired) electrons. The smallest absolute Gasteiger partial charge is 0.328 e. The predicted octanol–water partition coefficient (Wildman–Crippen LogP) is 6.33. The van der Waals surface area contributed by atoms with E-state index in [4.69, 9.17) is 9.84 Å². The summed E-state index contributed by atoms with van der Waals surface area (Å²) in [5.74, 6) is -0.332. The van der Waals surface area contributed by atoms with Gasteiger partial charge < -0.3 is 9.84 Å². The molecule has 3 nitrogen and oxygen atoms in total. The van der Waals surface area contributed by atoms with Crippen LogP contribution in [0.25, 0.3) is 17.2 Å². The van der Waals surface area contributed by atoms with Gasteiger partial charge >= 0.3 is 5.97 Å². The summed E-state index contributed by atoms with van der Waals surface area (Å²) in [6, 6.07) is 24.2. The molecule has 0 unspecified atom stereocenters. The monoisotopic (exact) mass is 386 g/mol. The summed E-state index contributed by atoms with van der Waals surface area (Å²) in [5, 5.41) is 9.02. The van der Waals surface area contributed by atoms with Gasteiger partial charge in [-0.05, 0) is 45.9 Å². The van der Waals surface area contributed by atoms with Crippen molar-refractivity contribution in [1.82, 2.24) is 0 Å². The highest BCUT2D eigenvalue weighted by atomic mass is 16.5. The van der Waals surface area contributed by atoms with Crippen LogP contribution in [0.5, 0.6) is 5.75 Å². The Labute approximate surface area is 172 Å². The molecule has 0 aliphatic rings. The van der Waals surface area contributed by atoms with Crippen LogP contribution >= 0.6 is 0 Å². The summed E-state index contributed by atoms with van der Waals surface area (Å²) in [6.45, 7) is 6.98. The van der Waals surface area contributed by atoms with Gasteiger partial charge in [0.15, 0.2) is 0 Å². The molecule has 0 fully saturated rings. The van der Waals surface area contributed by atoms with Gasteiger partial charge in [-0.3, -0.25) is 0 Å². The molecule has 3 heteroatoms. The third-order valence-corrected chi connectivity index (χ3v) is 4.74. The standard InChI is InChI=1S/C26H26O3/c1-26(2,3)23-13-9-19(10-14-23)18-29-24-15-11-21(20-7-5-4-6-8-20)17-22(24)12-16-25(27)28/h4-17H,18H2,1-3H3,(H,27,28)/b16-12+. The molecular weight excluding hydrogens is 360 g/mol. The third kappa shape index (κ3) is 5.58. The molecule has 0 bridgehead atoms. The van der Waals surface area contributed by atoms with Crippen molar-refractivity contribution in [2.24, 2.45) is 0 Å². The zero-order chi connectivity index (χ0) is 20.9. The maximum absolute atomic E-state index is 11.0. The second-order valence-electron chi connectivity index (χ2n) is 8.03. The maximum atomic E-state index is 11.0. The summed E-state index contributed by atoms with van der Waals surface area (Å²) >= 11 is 0. The van der Waals surface area contributed by atoms with Crippen LogP contribution in [0.1, 0.15) is 37.5 Å². The summed E-state index contributed by atoms with van der Waals surface area (Å²) in [4.78, 5) is 11.0. The first-order chi connectivity index (χ1) is 13.8. The second kappa shape index (κ2) is 8.78. The molecular formula is C26H26O3. The van der Waals surface area contributed by atoms with Gasteiger partial charge in [0.1, 0.15) is 12.4 Å². The number of hydrogen-bond donors (Lipinski definition) is 1. The minimum atomic E-state index is -0.987. The van der Waals surface area contributed by atoms with E-state index in [2.05, 4.69) is 45.0 Å². The first kappa shape index (κ1) is 20.4. The molecule has 3 aromatic carbocycles. The van der Waals surface area contributed by atoms with E-state index in [0.29, 0.717) is 12.4 Å². The van der Waals surface area contributed by atoms with Gasteiger partial charge in [-0.1, -0.05) is 81.4 Å². The zero-order valence-electron chi connectivity index (χ0n) is 17.1. The highest BCUT2D eigenvalue weighted by Gasteiger charge is 2.13. The number of aliphatic carboxylic acids is 1. The van der Waals surface area contributed by atoms with E-state index in [9.17, 15) is 4.79 Å². The average Bonchev–Trinajstić information content (AvgIpc) is 2.71. The fraction of sp³-hybridized carbons (Fsp3) is 0.192. The second-order valence-corrected chi connectivity index (χ2v) is 8.03. The molecule has 0 spiro atoms. The molecule has 3 aromatic rings. The lowest BCUT2D eigenvalue weighted by Gasteiger charge is -2.19. The fourth-order valence-corrected chi connectivity index (χ4v) is 3.04. The van der Waals surface area contributed by atoms with E-state index < -0.39 is 5.97 Å². The van der Waals surface area contributed by atoms with E-state index in [1.165, 1.54) is 5.56 Å².